The van der Waals surface area contributed by atoms with E-state index >= 15 is 0 Å². The summed E-state index contributed by atoms with van der Waals surface area (Å²) in [5.74, 6) is -3.00. The van der Waals surface area contributed by atoms with E-state index in [1.807, 2.05) is 5.10 Å². The van der Waals surface area contributed by atoms with E-state index in [2.05, 4.69) is 20.1 Å². The second-order valence-corrected chi connectivity index (χ2v) is 5.69. The van der Waals surface area contributed by atoms with Gasteiger partial charge in [0.15, 0.2) is 5.65 Å². The summed E-state index contributed by atoms with van der Waals surface area (Å²) in [7, 11) is 0. The van der Waals surface area contributed by atoms with Crippen LogP contribution in [-0.4, -0.2) is 29.5 Å². The average Bonchev–Trinajstić information content (AvgIpc) is 3.22. The topological polar surface area (TPSA) is 71.8 Å². The molecule has 6 nitrogen and oxygen atoms in total. The van der Waals surface area contributed by atoms with Gasteiger partial charge in [-0.3, -0.25) is 5.10 Å². The van der Waals surface area contributed by atoms with Crippen molar-refractivity contribution in [1.82, 2.24) is 29.5 Å². The molecule has 0 fully saturated rings. The van der Waals surface area contributed by atoms with Crippen molar-refractivity contribution in [3.05, 3.63) is 65.5 Å². The van der Waals surface area contributed by atoms with Gasteiger partial charge in [-0.1, -0.05) is 0 Å². The van der Waals surface area contributed by atoms with Crippen LogP contribution in [0, 0.1) is 11.6 Å². The Hall–Kier alpha value is -3.37. The first kappa shape index (κ1) is 17.1. The van der Waals surface area contributed by atoms with Crippen molar-refractivity contribution >= 4 is 5.65 Å². The summed E-state index contributed by atoms with van der Waals surface area (Å²) in [5, 5.41) is 5.37. The van der Waals surface area contributed by atoms with E-state index < -0.39 is 23.6 Å². The number of imidazole rings is 1. The van der Waals surface area contributed by atoms with Crippen LogP contribution in [0.4, 0.5) is 22.0 Å². The number of fused-ring (bicyclic) bond motifs is 1. The molecule has 4 rings (SSSR count). The van der Waals surface area contributed by atoms with E-state index in [9.17, 15) is 22.0 Å². The highest BCUT2D eigenvalue weighted by Gasteiger charge is 2.35. The van der Waals surface area contributed by atoms with Gasteiger partial charge >= 0.3 is 6.18 Å². The lowest BCUT2D eigenvalue weighted by atomic mass is 10.1. The first-order chi connectivity index (χ1) is 12.8. The fourth-order valence-corrected chi connectivity index (χ4v) is 2.63. The number of H-pyrrole nitrogens is 1. The van der Waals surface area contributed by atoms with E-state index in [-0.39, 0.29) is 17.9 Å². The molecule has 3 aromatic heterocycles. The molecule has 0 aliphatic rings. The van der Waals surface area contributed by atoms with Gasteiger partial charge in [-0.2, -0.15) is 18.3 Å². The van der Waals surface area contributed by atoms with Gasteiger partial charge in [0, 0.05) is 31.1 Å². The number of aromatic nitrogens is 6. The zero-order chi connectivity index (χ0) is 19.2. The number of aromatic amines is 1. The van der Waals surface area contributed by atoms with Gasteiger partial charge in [0.25, 0.3) is 0 Å². The van der Waals surface area contributed by atoms with Crippen LogP contribution >= 0.6 is 0 Å². The second-order valence-electron chi connectivity index (χ2n) is 5.69. The molecule has 1 N–H and O–H groups in total. The van der Waals surface area contributed by atoms with Crippen LogP contribution in [0.15, 0.2) is 36.8 Å². The maximum atomic E-state index is 13.4. The molecule has 0 aliphatic heterocycles. The molecular formula is C16H9F5N6. The van der Waals surface area contributed by atoms with Crippen molar-refractivity contribution in [2.45, 2.75) is 12.6 Å². The van der Waals surface area contributed by atoms with Crippen LogP contribution in [0.3, 0.4) is 0 Å². The Morgan fingerprint density at radius 1 is 1.04 bits per heavy atom. The standard InChI is InChI=1S/C16H9F5N6/c17-9-3-8(4-10(18)6-9)5-11-14-22-1-2-27(14)7-12(23-11)13-24-15(26-25-13)16(19,20)21/h1-4,6-7H,5H2,(H,24,25,26). The number of rotatable bonds is 3. The zero-order valence-electron chi connectivity index (χ0n) is 13.3. The molecular weight excluding hydrogens is 371 g/mol. The third-order valence-corrected chi connectivity index (χ3v) is 3.72. The monoisotopic (exact) mass is 380 g/mol. The Kier molecular flexibility index (Phi) is 3.86. The third kappa shape index (κ3) is 3.35. The summed E-state index contributed by atoms with van der Waals surface area (Å²) in [6.45, 7) is 0. The average molecular weight is 380 g/mol. The van der Waals surface area contributed by atoms with Crippen molar-refractivity contribution in [3.63, 3.8) is 0 Å². The molecule has 0 radical (unpaired) electrons. The van der Waals surface area contributed by atoms with Crippen molar-refractivity contribution in [1.29, 1.82) is 0 Å². The molecule has 0 spiro atoms. The van der Waals surface area contributed by atoms with Crippen molar-refractivity contribution in [3.8, 4) is 11.5 Å². The number of nitrogens with one attached hydrogen (secondary N) is 1. The first-order valence-corrected chi connectivity index (χ1v) is 7.57. The second kappa shape index (κ2) is 6.11. The molecule has 0 unspecified atom stereocenters. The van der Waals surface area contributed by atoms with Crippen molar-refractivity contribution in [2.24, 2.45) is 0 Å². The quantitative estimate of drug-likeness (QED) is 0.553. The van der Waals surface area contributed by atoms with Crippen LogP contribution in [0.25, 0.3) is 17.2 Å². The molecule has 0 aliphatic carbocycles. The van der Waals surface area contributed by atoms with Crippen LogP contribution in [0.5, 0.6) is 0 Å². The minimum Gasteiger partial charge on any atom is -0.303 e. The molecule has 0 saturated heterocycles. The van der Waals surface area contributed by atoms with Gasteiger partial charge < -0.3 is 4.40 Å². The largest absolute Gasteiger partial charge is 0.451 e. The van der Waals surface area contributed by atoms with E-state index in [0.717, 1.165) is 18.2 Å². The molecule has 4 aromatic rings. The Morgan fingerprint density at radius 3 is 2.44 bits per heavy atom. The summed E-state index contributed by atoms with van der Waals surface area (Å²) in [6, 6.07) is 3.03. The fraction of sp³-hybridized carbons (Fsp3) is 0.125. The highest BCUT2D eigenvalue weighted by Crippen LogP contribution is 2.27. The summed E-state index contributed by atoms with van der Waals surface area (Å²) in [4.78, 5) is 11.8. The van der Waals surface area contributed by atoms with E-state index in [4.69, 9.17) is 0 Å². The van der Waals surface area contributed by atoms with Gasteiger partial charge in [0.2, 0.25) is 11.6 Å². The maximum Gasteiger partial charge on any atom is 0.451 e. The predicted octanol–water partition coefficient (Wildman–Crippen LogP) is 3.40. The molecule has 0 bridgehead atoms. The Bertz CT molecular complexity index is 1110. The number of hydrogen-bond donors (Lipinski definition) is 1. The highest BCUT2D eigenvalue weighted by atomic mass is 19.4. The lowest BCUT2D eigenvalue weighted by Gasteiger charge is -2.06. The van der Waals surface area contributed by atoms with Crippen LogP contribution in [0.1, 0.15) is 17.1 Å². The van der Waals surface area contributed by atoms with Crippen LogP contribution in [0.2, 0.25) is 0 Å². The molecule has 0 saturated carbocycles. The minimum atomic E-state index is -4.67. The highest BCUT2D eigenvalue weighted by molar-refractivity contribution is 5.55. The Morgan fingerprint density at radius 2 is 1.78 bits per heavy atom. The van der Waals surface area contributed by atoms with Crippen LogP contribution in [-0.2, 0) is 12.6 Å². The van der Waals surface area contributed by atoms with E-state index in [0.29, 0.717) is 16.9 Å². The van der Waals surface area contributed by atoms with Crippen molar-refractivity contribution in [2.75, 3.05) is 0 Å². The molecule has 138 valence electrons. The predicted molar refractivity (Wildman–Crippen MR) is 82.5 cm³/mol. The molecule has 3 heterocycles. The Labute approximate surface area is 147 Å². The lowest BCUT2D eigenvalue weighted by Crippen LogP contribution is -2.07. The minimum absolute atomic E-state index is 0.0135. The van der Waals surface area contributed by atoms with Gasteiger partial charge in [0.05, 0.1) is 5.69 Å². The maximum absolute atomic E-state index is 13.4. The molecule has 0 atom stereocenters. The lowest BCUT2D eigenvalue weighted by molar-refractivity contribution is -0.144. The number of hydrogen-bond acceptors (Lipinski definition) is 4. The SMILES string of the molecule is Fc1cc(F)cc(Cc2nc(-c3n[nH]c(C(F)(F)F)n3)cn3ccnc23)c1. The molecule has 27 heavy (non-hydrogen) atoms. The smallest absolute Gasteiger partial charge is 0.303 e. The van der Waals surface area contributed by atoms with Crippen LogP contribution < -0.4 is 0 Å². The fourth-order valence-electron chi connectivity index (χ4n) is 2.63. The summed E-state index contributed by atoms with van der Waals surface area (Å²) in [5.41, 5.74) is 1.06. The van der Waals surface area contributed by atoms with Gasteiger partial charge in [0.1, 0.15) is 17.3 Å². The number of benzene rings is 1. The van der Waals surface area contributed by atoms with Gasteiger partial charge in [-0.15, -0.1) is 0 Å². The summed E-state index contributed by atoms with van der Waals surface area (Å²) in [6.07, 6.45) is -0.212. The zero-order valence-corrected chi connectivity index (χ0v) is 13.3. The number of nitrogens with zero attached hydrogens (tertiary/aromatic N) is 5. The number of alkyl halides is 3. The first-order valence-electron chi connectivity index (χ1n) is 7.57. The Balaban J connectivity index is 1.79. The van der Waals surface area contributed by atoms with Gasteiger partial charge in [-0.05, 0) is 17.7 Å². The molecule has 1 aromatic carbocycles. The van der Waals surface area contributed by atoms with E-state index in [1.165, 1.54) is 16.8 Å². The number of halogens is 5. The van der Waals surface area contributed by atoms with E-state index in [1.54, 1.807) is 6.20 Å². The normalized spacial score (nSPS) is 12.0. The summed E-state index contributed by atoms with van der Waals surface area (Å²) >= 11 is 0. The van der Waals surface area contributed by atoms with Crippen molar-refractivity contribution < 1.29 is 22.0 Å². The molecule has 11 heteroatoms. The third-order valence-electron chi connectivity index (χ3n) is 3.72. The van der Waals surface area contributed by atoms with Gasteiger partial charge in [-0.25, -0.2) is 23.7 Å². The molecule has 0 amide bonds. The summed E-state index contributed by atoms with van der Waals surface area (Å²) < 4.78 is 66.6.